The van der Waals surface area contributed by atoms with Crippen molar-refractivity contribution >= 4 is 0 Å². The van der Waals surface area contributed by atoms with Crippen LogP contribution in [0, 0.1) is 11.8 Å². The van der Waals surface area contributed by atoms with Gasteiger partial charge in [-0.1, -0.05) is 5.92 Å². The van der Waals surface area contributed by atoms with Gasteiger partial charge >= 0.3 is 0 Å². The van der Waals surface area contributed by atoms with E-state index in [1.807, 2.05) is 0 Å². The minimum atomic E-state index is -0.282. The lowest BCUT2D eigenvalue weighted by molar-refractivity contribution is 0.0873. The zero-order valence-electron chi connectivity index (χ0n) is 16.0. The predicted molar refractivity (Wildman–Crippen MR) is 101 cm³/mol. The van der Waals surface area contributed by atoms with Crippen LogP contribution >= 0.6 is 0 Å². The van der Waals surface area contributed by atoms with Gasteiger partial charge in [0.2, 0.25) is 5.88 Å². The van der Waals surface area contributed by atoms with Gasteiger partial charge in [-0.3, -0.25) is 9.48 Å². The van der Waals surface area contributed by atoms with Crippen LogP contribution in [0.15, 0.2) is 16.9 Å². The Kier molecular flexibility index (Phi) is 5.47. The first-order valence-corrected chi connectivity index (χ1v) is 8.80. The summed E-state index contributed by atoms with van der Waals surface area (Å²) < 4.78 is 19.6. The van der Waals surface area contributed by atoms with Crippen LogP contribution in [-0.4, -0.2) is 41.9 Å². The van der Waals surface area contributed by atoms with E-state index in [4.69, 9.17) is 14.2 Å². The fourth-order valence-electron chi connectivity index (χ4n) is 3.53. The highest BCUT2D eigenvalue weighted by molar-refractivity contribution is 5.81. The molecule has 0 saturated heterocycles. The van der Waals surface area contributed by atoms with E-state index < -0.39 is 0 Å². The lowest BCUT2D eigenvalue weighted by atomic mass is 10.0. The van der Waals surface area contributed by atoms with Gasteiger partial charge in [-0.25, -0.2) is 4.68 Å². The summed E-state index contributed by atoms with van der Waals surface area (Å²) in [5.41, 5.74) is 1.03. The van der Waals surface area contributed by atoms with Crippen LogP contribution in [-0.2, 0) is 17.8 Å². The molecular formula is C20H24N2O5. The van der Waals surface area contributed by atoms with Crippen molar-refractivity contribution in [3.8, 4) is 40.3 Å². The lowest BCUT2D eigenvalue weighted by Gasteiger charge is -2.13. The van der Waals surface area contributed by atoms with Gasteiger partial charge < -0.3 is 19.3 Å². The van der Waals surface area contributed by atoms with Crippen LogP contribution in [0.5, 0.6) is 17.4 Å². The van der Waals surface area contributed by atoms with Crippen molar-refractivity contribution in [1.82, 2.24) is 9.36 Å². The maximum absolute atomic E-state index is 13.1. The molecule has 0 radical (unpaired) electrons. The average Bonchev–Trinajstić information content (AvgIpc) is 2.83. The van der Waals surface area contributed by atoms with Gasteiger partial charge in [-0.05, 0) is 31.9 Å². The van der Waals surface area contributed by atoms with E-state index in [9.17, 15) is 9.90 Å². The molecule has 144 valence electrons. The molecule has 1 unspecified atom stereocenters. The van der Waals surface area contributed by atoms with E-state index in [2.05, 4.69) is 11.8 Å². The van der Waals surface area contributed by atoms with Crippen molar-refractivity contribution < 1.29 is 19.3 Å². The normalized spacial score (nSPS) is 16.1. The number of methoxy groups -OCH3 is 3. The fourth-order valence-corrected chi connectivity index (χ4v) is 3.53. The van der Waals surface area contributed by atoms with Crippen molar-refractivity contribution in [2.75, 3.05) is 21.3 Å². The molecule has 0 bridgehead atoms. The molecule has 7 heteroatoms. The number of aromatic nitrogens is 2. The molecule has 0 amide bonds. The second-order valence-corrected chi connectivity index (χ2v) is 6.32. The van der Waals surface area contributed by atoms with Crippen molar-refractivity contribution in [2.45, 2.75) is 39.0 Å². The van der Waals surface area contributed by atoms with Gasteiger partial charge in [0.15, 0.2) is 0 Å². The number of ether oxygens (including phenoxy) is 3. The zero-order chi connectivity index (χ0) is 19.6. The summed E-state index contributed by atoms with van der Waals surface area (Å²) >= 11 is 0. The minimum absolute atomic E-state index is 0.0654. The molecule has 0 aliphatic carbocycles. The Morgan fingerprint density at radius 2 is 1.63 bits per heavy atom. The van der Waals surface area contributed by atoms with E-state index in [1.165, 1.54) is 14.2 Å². The summed E-state index contributed by atoms with van der Waals surface area (Å²) in [7, 11) is 4.69. The number of fused-ring (bicyclic) bond motifs is 1. The van der Waals surface area contributed by atoms with E-state index in [0.29, 0.717) is 42.1 Å². The van der Waals surface area contributed by atoms with Crippen LogP contribution in [0.3, 0.4) is 0 Å². The molecule has 1 aliphatic heterocycles. The second kappa shape index (κ2) is 7.80. The van der Waals surface area contributed by atoms with Crippen molar-refractivity contribution in [1.29, 1.82) is 0 Å². The Labute approximate surface area is 158 Å². The van der Waals surface area contributed by atoms with Crippen molar-refractivity contribution in [3.05, 3.63) is 28.0 Å². The van der Waals surface area contributed by atoms with Crippen LogP contribution in [0.4, 0.5) is 0 Å². The zero-order valence-corrected chi connectivity index (χ0v) is 16.0. The number of hydrogen-bond acceptors (Lipinski definition) is 5. The number of benzene rings is 1. The van der Waals surface area contributed by atoms with E-state index in [-0.39, 0.29) is 23.1 Å². The second-order valence-electron chi connectivity index (χ2n) is 6.32. The highest BCUT2D eigenvalue weighted by atomic mass is 16.5. The smallest absolute Gasteiger partial charge is 0.278 e. The largest absolute Gasteiger partial charge is 0.496 e. The highest BCUT2D eigenvalue weighted by Crippen LogP contribution is 2.42. The first kappa shape index (κ1) is 18.9. The van der Waals surface area contributed by atoms with Crippen LogP contribution in [0.25, 0.3) is 11.1 Å². The predicted octanol–water partition coefficient (Wildman–Crippen LogP) is 2.22. The molecule has 2 aromatic rings. The van der Waals surface area contributed by atoms with E-state index in [1.54, 1.807) is 35.5 Å². The lowest BCUT2D eigenvalue weighted by Crippen LogP contribution is -2.22. The Morgan fingerprint density at radius 1 is 1.04 bits per heavy atom. The van der Waals surface area contributed by atoms with Gasteiger partial charge in [0.25, 0.3) is 5.56 Å². The third kappa shape index (κ3) is 3.28. The molecule has 1 aliphatic rings. The highest BCUT2D eigenvalue weighted by Gasteiger charge is 2.29. The third-order valence-corrected chi connectivity index (χ3v) is 4.89. The van der Waals surface area contributed by atoms with Crippen molar-refractivity contribution in [2.24, 2.45) is 0 Å². The van der Waals surface area contributed by atoms with Crippen LogP contribution in [0.1, 0.15) is 25.3 Å². The fraction of sp³-hybridized carbons (Fsp3) is 0.450. The van der Waals surface area contributed by atoms with Gasteiger partial charge in [0.05, 0.1) is 25.9 Å². The third-order valence-electron chi connectivity index (χ3n) is 4.89. The topological polar surface area (TPSA) is 74.9 Å². The Balaban J connectivity index is 2.21. The number of rotatable bonds is 4. The summed E-state index contributed by atoms with van der Waals surface area (Å²) in [6.07, 6.45) is 1.49. The van der Waals surface area contributed by atoms with Gasteiger partial charge in [0, 0.05) is 25.8 Å². The Bertz CT molecular complexity index is 936. The molecule has 1 atom stereocenters. The van der Waals surface area contributed by atoms with E-state index >= 15 is 0 Å². The number of nitrogens with zero attached hydrogens (tertiary/aromatic N) is 2. The van der Waals surface area contributed by atoms with Gasteiger partial charge in [-0.2, -0.15) is 0 Å². The molecule has 0 fully saturated rings. The van der Waals surface area contributed by atoms with Gasteiger partial charge in [0.1, 0.15) is 17.1 Å². The molecule has 2 heterocycles. The summed E-state index contributed by atoms with van der Waals surface area (Å²) in [6.45, 7) is 2.70. The molecule has 27 heavy (non-hydrogen) atoms. The summed E-state index contributed by atoms with van der Waals surface area (Å²) in [5.74, 6) is 6.55. The minimum Gasteiger partial charge on any atom is -0.496 e. The first-order valence-electron chi connectivity index (χ1n) is 8.80. The summed E-state index contributed by atoms with van der Waals surface area (Å²) in [5, 5.41) is 10.9. The molecule has 3 rings (SSSR count). The maximum atomic E-state index is 13.1. The van der Waals surface area contributed by atoms with Crippen LogP contribution < -0.4 is 15.0 Å². The molecule has 1 aromatic carbocycles. The maximum Gasteiger partial charge on any atom is 0.278 e. The average molecular weight is 372 g/mol. The van der Waals surface area contributed by atoms with Crippen molar-refractivity contribution in [3.63, 3.8) is 0 Å². The van der Waals surface area contributed by atoms with E-state index in [0.717, 1.165) is 6.42 Å². The number of hydrogen-bond donors (Lipinski definition) is 1. The Morgan fingerprint density at radius 3 is 2.15 bits per heavy atom. The summed E-state index contributed by atoms with van der Waals surface area (Å²) in [6, 6.07) is 3.48. The Hall–Kier alpha value is -2.85. The molecule has 7 nitrogen and oxygen atoms in total. The van der Waals surface area contributed by atoms with Gasteiger partial charge in [-0.15, -0.1) is 5.92 Å². The first-order chi connectivity index (χ1) is 13.0. The van der Waals surface area contributed by atoms with Crippen LogP contribution in [0.2, 0.25) is 0 Å². The number of aromatic hydroxyl groups is 1. The molecule has 1 aromatic heterocycles. The SMILES string of the molecule is CC#Cc1cc(OC)c(-c2c(O)n3n(c2=O)CCC(OC)CC3)c(OC)c1. The molecule has 0 saturated carbocycles. The standard InChI is InChI=1S/C20H24N2O5/c1-5-6-13-11-15(26-3)17(16(12-13)27-4)18-19(23)21-9-7-14(25-2)8-10-22(21)20(18)24/h11-12,14,23H,7-10H2,1-4H3. The monoisotopic (exact) mass is 372 g/mol. The quantitative estimate of drug-likeness (QED) is 0.833. The molecule has 0 spiro atoms. The molecular weight excluding hydrogens is 348 g/mol. The molecule has 1 N–H and O–H groups in total. The summed E-state index contributed by atoms with van der Waals surface area (Å²) in [4.78, 5) is 13.1.